The monoisotopic (exact) mass is 283 g/mol. The molecule has 0 bridgehead atoms. The molecule has 120 valence electrons. The molecule has 0 spiro atoms. The molecule has 1 heterocycles. The molecule has 1 saturated heterocycles. The van der Waals surface area contributed by atoms with Crippen LogP contribution in [0.2, 0.25) is 0 Å². The molecule has 0 atom stereocenters. The van der Waals surface area contributed by atoms with Crippen LogP contribution < -0.4 is 0 Å². The van der Waals surface area contributed by atoms with Gasteiger partial charge in [0.2, 0.25) is 0 Å². The molecule has 1 saturated carbocycles. The van der Waals surface area contributed by atoms with Crippen LogP contribution >= 0.6 is 0 Å². The van der Waals surface area contributed by atoms with Gasteiger partial charge in [-0.1, -0.05) is 46.1 Å². The molecular formula is C18H37NO. The Morgan fingerprint density at radius 1 is 1.05 bits per heavy atom. The van der Waals surface area contributed by atoms with Gasteiger partial charge in [-0.05, 0) is 50.6 Å². The lowest BCUT2D eigenvalue weighted by atomic mass is 9.88. The maximum Gasteiger partial charge on any atom is 0.0609 e. The highest BCUT2D eigenvalue weighted by Gasteiger charge is 2.20. The summed E-state index contributed by atoms with van der Waals surface area (Å²) in [7, 11) is 0. The van der Waals surface area contributed by atoms with Gasteiger partial charge >= 0.3 is 0 Å². The first-order chi connectivity index (χ1) is 9.76. The van der Waals surface area contributed by atoms with E-state index in [0.717, 1.165) is 11.8 Å². The predicted molar refractivity (Wildman–Crippen MR) is 90.0 cm³/mol. The van der Waals surface area contributed by atoms with Crippen LogP contribution in [0.4, 0.5) is 0 Å². The van der Waals surface area contributed by atoms with Crippen LogP contribution in [0.3, 0.4) is 0 Å². The van der Waals surface area contributed by atoms with E-state index in [1.54, 1.807) is 0 Å². The van der Waals surface area contributed by atoms with Crippen LogP contribution in [0.1, 0.15) is 65.7 Å². The minimum Gasteiger partial charge on any atom is -0.392 e. The second kappa shape index (κ2) is 13.6. The van der Waals surface area contributed by atoms with E-state index in [1.807, 2.05) is 13.8 Å². The van der Waals surface area contributed by atoms with Gasteiger partial charge in [-0.2, -0.15) is 0 Å². The fourth-order valence-electron chi connectivity index (χ4n) is 2.98. The largest absolute Gasteiger partial charge is 0.392 e. The zero-order valence-corrected chi connectivity index (χ0v) is 14.1. The quantitative estimate of drug-likeness (QED) is 0.771. The summed E-state index contributed by atoms with van der Waals surface area (Å²) in [5, 5.41) is 7.76. The van der Waals surface area contributed by atoms with Crippen molar-refractivity contribution in [2.24, 2.45) is 11.8 Å². The molecule has 2 rings (SSSR count). The average Bonchev–Trinajstić information content (AvgIpc) is 2.53. The Morgan fingerprint density at radius 2 is 1.55 bits per heavy atom. The molecule has 0 aromatic heterocycles. The summed E-state index contributed by atoms with van der Waals surface area (Å²) >= 11 is 0. The van der Waals surface area contributed by atoms with E-state index in [2.05, 4.69) is 18.4 Å². The third-order valence-corrected chi connectivity index (χ3v) is 4.25. The van der Waals surface area contributed by atoms with Crippen molar-refractivity contribution in [3.63, 3.8) is 0 Å². The van der Waals surface area contributed by atoms with Gasteiger partial charge in [0.05, 0.1) is 6.61 Å². The van der Waals surface area contributed by atoms with Gasteiger partial charge in [0.1, 0.15) is 0 Å². The number of aliphatic hydroxyl groups is 1. The first kappa shape index (κ1) is 19.7. The minimum atomic E-state index is 0.0833. The van der Waals surface area contributed by atoms with Crippen molar-refractivity contribution in [3.05, 3.63) is 12.7 Å². The number of likely N-dealkylation sites (tertiary alicyclic amines) is 1. The van der Waals surface area contributed by atoms with Crippen molar-refractivity contribution >= 4 is 0 Å². The molecule has 0 amide bonds. The van der Waals surface area contributed by atoms with Crippen molar-refractivity contribution in [2.75, 3.05) is 26.2 Å². The van der Waals surface area contributed by atoms with Crippen molar-refractivity contribution < 1.29 is 5.11 Å². The summed E-state index contributed by atoms with van der Waals surface area (Å²) in [6.45, 7) is 13.9. The van der Waals surface area contributed by atoms with Gasteiger partial charge in [-0.25, -0.2) is 0 Å². The second-order valence-electron chi connectivity index (χ2n) is 5.96. The molecule has 20 heavy (non-hydrogen) atoms. The van der Waals surface area contributed by atoms with Crippen LogP contribution in [0.5, 0.6) is 0 Å². The molecule has 1 aliphatic heterocycles. The van der Waals surface area contributed by atoms with Gasteiger partial charge in [-0.15, -0.1) is 6.58 Å². The normalized spacial score (nSPS) is 21.2. The summed E-state index contributed by atoms with van der Waals surface area (Å²) in [6.07, 6.45) is 11.8. The lowest BCUT2D eigenvalue weighted by Gasteiger charge is -2.34. The van der Waals surface area contributed by atoms with Gasteiger partial charge in [0, 0.05) is 6.54 Å². The fourth-order valence-corrected chi connectivity index (χ4v) is 2.98. The van der Waals surface area contributed by atoms with Crippen LogP contribution in [0.15, 0.2) is 12.7 Å². The van der Waals surface area contributed by atoms with E-state index in [-0.39, 0.29) is 6.61 Å². The lowest BCUT2D eigenvalue weighted by Crippen LogP contribution is -2.37. The number of rotatable bonds is 3. The molecular weight excluding hydrogens is 246 g/mol. The molecule has 2 nitrogen and oxygen atoms in total. The highest BCUT2D eigenvalue weighted by molar-refractivity contribution is 4.74. The first-order valence-corrected chi connectivity index (χ1v) is 8.70. The number of hydrogen-bond donors (Lipinski definition) is 1. The topological polar surface area (TPSA) is 23.5 Å². The molecule has 2 heteroatoms. The summed E-state index contributed by atoms with van der Waals surface area (Å²) in [5.74, 6) is 2.02. The Hall–Kier alpha value is -0.340. The van der Waals surface area contributed by atoms with Crippen molar-refractivity contribution in [1.29, 1.82) is 0 Å². The highest BCUT2D eigenvalue weighted by Crippen LogP contribution is 2.26. The number of piperidine rings is 1. The maximum absolute atomic E-state index is 7.76. The third-order valence-electron chi connectivity index (χ3n) is 4.25. The van der Waals surface area contributed by atoms with E-state index >= 15 is 0 Å². The Kier molecular flexibility index (Phi) is 13.4. The second-order valence-corrected chi connectivity index (χ2v) is 5.96. The Balaban J connectivity index is 0.000000521. The van der Waals surface area contributed by atoms with Gasteiger partial charge in [-0.3, -0.25) is 0 Å². The molecule has 0 aromatic carbocycles. The Bertz CT molecular complexity index is 203. The molecule has 2 aliphatic rings. The summed E-state index contributed by atoms with van der Waals surface area (Å²) in [5.41, 5.74) is 0. The SMILES string of the molecule is C=CCO.CC.CC1CCN(CC2CCCCC2)CC1. The van der Waals surface area contributed by atoms with E-state index in [0.29, 0.717) is 0 Å². The molecule has 0 radical (unpaired) electrons. The summed E-state index contributed by atoms with van der Waals surface area (Å²) in [4.78, 5) is 2.72. The predicted octanol–water partition coefficient (Wildman–Crippen LogP) is 4.49. The molecule has 2 fully saturated rings. The van der Waals surface area contributed by atoms with E-state index in [9.17, 15) is 0 Å². The summed E-state index contributed by atoms with van der Waals surface area (Å²) in [6, 6.07) is 0. The van der Waals surface area contributed by atoms with Crippen LogP contribution in [-0.4, -0.2) is 36.2 Å². The van der Waals surface area contributed by atoms with E-state index in [1.165, 1.54) is 70.7 Å². The van der Waals surface area contributed by atoms with Crippen molar-refractivity contribution in [3.8, 4) is 0 Å². The highest BCUT2D eigenvalue weighted by atomic mass is 16.2. The van der Waals surface area contributed by atoms with Crippen molar-refractivity contribution in [2.45, 2.75) is 65.7 Å². The van der Waals surface area contributed by atoms with Gasteiger partial charge < -0.3 is 10.0 Å². The average molecular weight is 283 g/mol. The smallest absolute Gasteiger partial charge is 0.0609 e. The molecule has 0 aromatic rings. The summed E-state index contributed by atoms with van der Waals surface area (Å²) < 4.78 is 0. The number of aliphatic hydroxyl groups excluding tert-OH is 1. The van der Waals surface area contributed by atoms with Crippen molar-refractivity contribution in [1.82, 2.24) is 4.90 Å². The zero-order chi connectivity index (χ0) is 15.2. The Morgan fingerprint density at radius 3 is 2.00 bits per heavy atom. The van der Waals surface area contributed by atoms with Gasteiger partial charge in [0.15, 0.2) is 0 Å². The van der Waals surface area contributed by atoms with Crippen LogP contribution in [0, 0.1) is 11.8 Å². The Labute approximate surface area is 127 Å². The molecule has 0 unspecified atom stereocenters. The van der Waals surface area contributed by atoms with E-state index in [4.69, 9.17) is 5.11 Å². The van der Waals surface area contributed by atoms with Crippen LogP contribution in [0.25, 0.3) is 0 Å². The van der Waals surface area contributed by atoms with E-state index < -0.39 is 0 Å². The zero-order valence-electron chi connectivity index (χ0n) is 14.1. The van der Waals surface area contributed by atoms with Gasteiger partial charge in [0.25, 0.3) is 0 Å². The van der Waals surface area contributed by atoms with Crippen LogP contribution in [-0.2, 0) is 0 Å². The maximum atomic E-state index is 7.76. The lowest BCUT2D eigenvalue weighted by molar-refractivity contribution is 0.151. The number of hydrogen-bond acceptors (Lipinski definition) is 2. The standard InChI is InChI=1S/C13H25N.C3H6O.C2H6/c1-12-7-9-14(10-8-12)11-13-5-3-2-4-6-13;1-2-3-4;1-2/h12-13H,2-11H2,1H3;2,4H,1,3H2;1-2H3. The first-order valence-electron chi connectivity index (χ1n) is 8.70. The molecule has 1 N–H and O–H groups in total. The fraction of sp³-hybridized carbons (Fsp3) is 0.889. The number of nitrogens with zero attached hydrogens (tertiary/aromatic N) is 1. The third kappa shape index (κ3) is 9.55. The molecule has 1 aliphatic carbocycles. The minimum absolute atomic E-state index is 0.0833.